The zero-order valence-electron chi connectivity index (χ0n) is 15.2. The largest absolute Gasteiger partial charge is 0.495 e. The highest BCUT2D eigenvalue weighted by Crippen LogP contribution is 2.28. The number of sulfonamides is 1. The van der Waals surface area contributed by atoms with E-state index in [2.05, 4.69) is 20.2 Å². The fourth-order valence-corrected chi connectivity index (χ4v) is 3.42. The van der Waals surface area contributed by atoms with Crippen LogP contribution in [0.1, 0.15) is 11.1 Å². The zero-order valence-corrected chi connectivity index (χ0v) is 16.0. The molecule has 3 aromatic rings. The molecule has 0 aliphatic rings. The smallest absolute Gasteiger partial charge is 0.263 e. The van der Waals surface area contributed by atoms with Crippen LogP contribution in [0.15, 0.2) is 59.5 Å². The summed E-state index contributed by atoms with van der Waals surface area (Å²) in [5.74, 6) is 1.28. The molecule has 7 nitrogen and oxygen atoms in total. The van der Waals surface area contributed by atoms with Gasteiger partial charge in [0.15, 0.2) is 11.6 Å². The Morgan fingerprint density at radius 1 is 0.852 bits per heavy atom. The van der Waals surface area contributed by atoms with Gasteiger partial charge in [0.1, 0.15) is 5.75 Å². The first kappa shape index (κ1) is 18.7. The Balaban J connectivity index is 1.76. The second-order valence-electron chi connectivity index (χ2n) is 6.05. The van der Waals surface area contributed by atoms with Crippen LogP contribution < -0.4 is 14.8 Å². The molecule has 140 valence electrons. The van der Waals surface area contributed by atoms with Crippen molar-refractivity contribution in [2.24, 2.45) is 0 Å². The predicted octanol–water partition coefficient (Wildman–Crippen LogP) is 3.65. The van der Waals surface area contributed by atoms with E-state index in [1.165, 1.54) is 0 Å². The Labute approximate surface area is 158 Å². The van der Waals surface area contributed by atoms with E-state index >= 15 is 0 Å². The molecule has 2 N–H and O–H groups in total. The molecule has 0 unspecified atom stereocenters. The number of aromatic nitrogens is 2. The molecule has 3 rings (SSSR count). The molecule has 0 saturated carbocycles. The summed E-state index contributed by atoms with van der Waals surface area (Å²) in [4.78, 5) is 0.168. The standard InChI is InChI=1S/C19H20N4O3S/c1-13-4-7-15(8-5-13)27(24,25)23-19-11-10-18(21-22-19)20-16-12-14(2)6-9-17(16)26-3/h4-12H,1-3H3,(H,20,21)(H,22,23). The molecule has 0 aliphatic carbocycles. The number of hydrogen-bond donors (Lipinski definition) is 2. The molecule has 0 saturated heterocycles. The van der Waals surface area contributed by atoms with Crippen molar-refractivity contribution in [3.63, 3.8) is 0 Å². The Kier molecular flexibility index (Phi) is 5.27. The average Bonchev–Trinajstić information content (AvgIpc) is 2.64. The first-order chi connectivity index (χ1) is 12.9. The molecule has 0 aliphatic heterocycles. The molecule has 0 atom stereocenters. The SMILES string of the molecule is COc1ccc(C)cc1Nc1ccc(NS(=O)(=O)c2ccc(C)cc2)nn1. The molecular formula is C19H20N4O3S. The Hall–Kier alpha value is -3.13. The molecule has 0 spiro atoms. The van der Waals surface area contributed by atoms with Crippen LogP contribution in [0.25, 0.3) is 0 Å². The number of nitrogens with one attached hydrogen (secondary N) is 2. The van der Waals surface area contributed by atoms with E-state index in [0.717, 1.165) is 16.8 Å². The number of methoxy groups -OCH3 is 1. The number of aryl methyl sites for hydroxylation is 2. The molecule has 27 heavy (non-hydrogen) atoms. The predicted molar refractivity (Wildman–Crippen MR) is 105 cm³/mol. The van der Waals surface area contributed by atoms with Crippen molar-refractivity contribution in [2.45, 2.75) is 18.7 Å². The molecule has 0 radical (unpaired) electrons. The van der Waals surface area contributed by atoms with Crippen LogP contribution in [0.3, 0.4) is 0 Å². The van der Waals surface area contributed by atoms with Crippen molar-refractivity contribution in [1.82, 2.24) is 10.2 Å². The number of benzene rings is 2. The molecule has 0 fully saturated rings. The summed E-state index contributed by atoms with van der Waals surface area (Å²) < 4.78 is 32.5. The lowest BCUT2D eigenvalue weighted by Gasteiger charge is -2.11. The molecule has 8 heteroatoms. The minimum atomic E-state index is -3.71. The maximum atomic E-state index is 12.4. The molecule has 1 heterocycles. The van der Waals surface area contributed by atoms with Gasteiger partial charge in [0.05, 0.1) is 17.7 Å². The summed E-state index contributed by atoms with van der Waals surface area (Å²) >= 11 is 0. The maximum Gasteiger partial charge on any atom is 0.263 e. The number of rotatable bonds is 6. The molecule has 0 amide bonds. The normalized spacial score (nSPS) is 11.1. The summed E-state index contributed by atoms with van der Waals surface area (Å²) in [6.45, 7) is 3.86. The van der Waals surface area contributed by atoms with Gasteiger partial charge in [0.2, 0.25) is 0 Å². The third-order valence-corrected chi connectivity index (χ3v) is 5.22. The Morgan fingerprint density at radius 2 is 1.48 bits per heavy atom. The Morgan fingerprint density at radius 3 is 2.11 bits per heavy atom. The monoisotopic (exact) mass is 384 g/mol. The third kappa shape index (κ3) is 4.53. The van der Waals surface area contributed by atoms with E-state index in [0.29, 0.717) is 11.6 Å². The van der Waals surface area contributed by atoms with Crippen molar-refractivity contribution >= 4 is 27.3 Å². The second-order valence-corrected chi connectivity index (χ2v) is 7.73. The van der Waals surface area contributed by atoms with Gasteiger partial charge in [-0.05, 0) is 55.8 Å². The second kappa shape index (κ2) is 7.63. The van der Waals surface area contributed by atoms with Gasteiger partial charge in [-0.15, -0.1) is 10.2 Å². The minimum absolute atomic E-state index is 0.136. The van der Waals surface area contributed by atoms with Crippen LogP contribution in [-0.4, -0.2) is 25.7 Å². The fourth-order valence-electron chi connectivity index (χ4n) is 2.42. The summed E-state index contributed by atoms with van der Waals surface area (Å²) in [5.41, 5.74) is 2.80. The van der Waals surface area contributed by atoms with Crippen molar-refractivity contribution < 1.29 is 13.2 Å². The maximum absolute atomic E-state index is 12.4. The lowest BCUT2D eigenvalue weighted by atomic mass is 10.2. The zero-order chi connectivity index (χ0) is 19.4. The average molecular weight is 384 g/mol. The van der Waals surface area contributed by atoms with E-state index in [1.807, 2.05) is 32.0 Å². The topological polar surface area (TPSA) is 93.2 Å². The van der Waals surface area contributed by atoms with Gasteiger partial charge in [0, 0.05) is 0 Å². The number of hydrogen-bond acceptors (Lipinski definition) is 6. The van der Waals surface area contributed by atoms with E-state index in [4.69, 9.17) is 4.74 Å². The lowest BCUT2D eigenvalue weighted by molar-refractivity contribution is 0.416. The summed E-state index contributed by atoms with van der Waals surface area (Å²) in [6, 6.07) is 15.5. The van der Waals surface area contributed by atoms with Gasteiger partial charge in [-0.1, -0.05) is 23.8 Å². The van der Waals surface area contributed by atoms with Crippen molar-refractivity contribution in [3.8, 4) is 5.75 Å². The minimum Gasteiger partial charge on any atom is -0.495 e. The van der Waals surface area contributed by atoms with Gasteiger partial charge in [-0.2, -0.15) is 0 Å². The quantitative estimate of drug-likeness (QED) is 0.674. The molecule has 1 aromatic heterocycles. The summed E-state index contributed by atoms with van der Waals surface area (Å²) in [6.07, 6.45) is 0. The van der Waals surface area contributed by atoms with Crippen molar-refractivity contribution in [1.29, 1.82) is 0 Å². The van der Waals surface area contributed by atoms with Crippen molar-refractivity contribution in [2.75, 3.05) is 17.1 Å². The van der Waals surface area contributed by atoms with Gasteiger partial charge >= 0.3 is 0 Å². The number of anilines is 3. The van der Waals surface area contributed by atoms with Crippen LogP contribution in [0.5, 0.6) is 5.75 Å². The van der Waals surface area contributed by atoms with Gasteiger partial charge in [0.25, 0.3) is 10.0 Å². The highest BCUT2D eigenvalue weighted by Gasteiger charge is 2.15. The van der Waals surface area contributed by atoms with Crippen LogP contribution in [0.2, 0.25) is 0 Å². The Bertz CT molecular complexity index is 1030. The van der Waals surface area contributed by atoms with Crippen LogP contribution in [0, 0.1) is 13.8 Å². The number of nitrogens with zero attached hydrogens (tertiary/aromatic N) is 2. The van der Waals surface area contributed by atoms with E-state index in [-0.39, 0.29) is 10.7 Å². The highest BCUT2D eigenvalue weighted by molar-refractivity contribution is 7.92. The lowest BCUT2D eigenvalue weighted by Crippen LogP contribution is -2.14. The molecule has 0 bridgehead atoms. The van der Waals surface area contributed by atoms with Crippen molar-refractivity contribution in [3.05, 3.63) is 65.7 Å². The van der Waals surface area contributed by atoms with Gasteiger partial charge in [-0.25, -0.2) is 8.42 Å². The third-order valence-electron chi connectivity index (χ3n) is 3.85. The summed E-state index contributed by atoms with van der Waals surface area (Å²) in [5, 5.41) is 11.1. The molecule has 2 aromatic carbocycles. The molecular weight excluding hydrogens is 364 g/mol. The van der Waals surface area contributed by atoms with Gasteiger partial charge in [-0.3, -0.25) is 4.72 Å². The van der Waals surface area contributed by atoms with Crippen LogP contribution in [-0.2, 0) is 10.0 Å². The summed E-state index contributed by atoms with van der Waals surface area (Å²) in [7, 11) is -2.12. The first-order valence-electron chi connectivity index (χ1n) is 8.22. The first-order valence-corrected chi connectivity index (χ1v) is 9.70. The fraction of sp³-hybridized carbons (Fsp3) is 0.158. The number of ether oxygens (including phenoxy) is 1. The van der Waals surface area contributed by atoms with Crippen LogP contribution in [0.4, 0.5) is 17.3 Å². The van der Waals surface area contributed by atoms with Crippen LogP contribution >= 0.6 is 0 Å². The van der Waals surface area contributed by atoms with E-state index < -0.39 is 10.0 Å². The van der Waals surface area contributed by atoms with E-state index in [9.17, 15) is 8.42 Å². The van der Waals surface area contributed by atoms with E-state index in [1.54, 1.807) is 43.5 Å². The highest BCUT2D eigenvalue weighted by atomic mass is 32.2. The van der Waals surface area contributed by atoms with Gasteiger partial charge < -0.3 is 10.1 Å².